The highest BCUT2D eigenvalue weighted by molar-refractivity contribution is 5.87. The summed E-state index contributed by atoms with van der Waals surface area (Å²) in [5, 5.41) is 2.08. The summed E-state index contributed by atoms with van der Waals surface area (Å²) >= 11 is 0. The predicted molar refractivity (Wildman–Crippen MR) is 131 cm³/mol. The zero-order chi connectivity index (χ0) is 22.4. The van der Waals surface area contributed by atoms with Crippen LogP contribution >= 0.6 is 0 Å². The van der Waals surface area contributed by atoms with Crippen LogP contribution in [0.25, 0.3) is 21.8 Å². The Kier molecular flexibility index (Phi) is 5.72. The van der Waals surface area contributed by atoms with Crippen molar-refractivity contribution < 1.29 is 4.39 Å². The fraction of sp³-hybridized carbons (Fsp3) is 0.429. The lowest BCUT2D eigenvalue weighted by molar-refractivity contribution is 0.600. The summed E-state index contributed by atoms with van der Waals surface area (Å²) in [6.07, 6.45) is 5.11. The number of para-hydroxylation sites is 1. The van der Waals surface area contributed by atoms with Gasteiger partial charge in [0.05, 0.1) is 5.52 Å². The molecule has 0 aliphatic rings. The Bertz CT molecular complexity index is 1220. The van der Waals surface area contributed by atoms with E-state index < -0.39 is 0 Å². The van der Waals surface area contributed by atoms with E-state index in [9.17, 15) is 0 Å². The van der Waals surface area contributed by atoms with Crippen molar-refractivity contribution in [2.45, 2.75) is 78.8 Å². The van der Waals surface area contributed by atoms with Gasteiger partial charge in [-0.05, 0) is 74.8 Å². The molecule has 0 spiro atoms. The van der Waals surface area contributed by atoms with Crippen LogP contribution in [0.3, 0.4) is 0 Å². The van der Waals surface area contributed by atoms with E-state index in [1.54, 1.807) is 0 Å². The van der Waals surface area contributed by atoms with Crippen LogP contribution in [0.1, 0.15) is 89.1 Å². The average molecular weight is 419 g/mol. The van der Waals surface area contributed by atoms with Gasteiger partial charge in [0.15, 0.2) is 0 Å². The van der Waals surface area contributed by atoms with Crippen molar-refractivity contribution in [1.29, 1.82) is 0 Å². The van der Waals surface area contributed by atoms with Gasteiger partial charge in [0, 0.05) is 40.8 Å². The van der Waals surface area contributed by atoms with Gasteiger partial charge in [-0.1, -0.05) is 45.0 Å². The van der Waals surface area contributed by atoms with Gasteiger partial charge in [-0.15, -0.1) is 0 Å². The summed E-state index contributed by atoms with van der Waals surface area (Å²) in [6, 6.07) is 13.4. The molecule has 0 fully saturated rings. The maximum Gasteiger partial charge on any atom is 0.136 e. The Morgan fingerprint density at radius 1 is 0.742 bits per heavy atom. The van der Waals surface area contributed by atoms with Crippen LogP contribution < -0.4 is 0 Å². The quantitative estimate of drug-likeness (QED) is 0.298. The van der Waals surface area contributed by atoms with Crippen molar-refractivity contribution in [3.8, 4) is 0 Å². The van der Waals surface area contributed by atoms with Crippen molar-refractivity contribution in [2.24, 2.45) is 0 Å². The minimum absolute atomic E-state index is 0.0416. The van der Waals surface area contributed by atoms with Crippen molar-refractivity contribution in [2.75, 3.05) is 0 Å². The molecular formula is C28H35FN2. The first-order valence-electron chi connectivity index (χ1n) is 11.6. The first kappa shape index (κ1) is 21.7. The molecule has 0 radical (unpaired) electrons. The minimum Gasteiger partial charge on any atom is -0.345 e. The third-order valence-electron chi connectivity index (χ3n) is 6.61. The standard InChI is InChI=1S/C28H35FN2/c1-17(2)23-15-31(19(5)6)26-13-12-21(28(29)27(23)26)14-20(7)24-16-30(18(3)4)25-11-9-8-10-22(24)25/h8-13,15-20H,14H2,1-7H3. The van der Waals surface area contributed by atoms with Crippen LogP contribution in [0.4, 0.5) is 4.39 Å². The lowest BCUT2D eigenvalue weighted by Crippen LogP contribution is -2.03. The fourth-order valence-electron chi connectivity index (χ4n) is 4.90. The largest absolute Gasteiger partial charge is 0.345 e. The molecule has 2 heterocycles. The van der Waals surface area contributed by atoms with Gasteiger partial charge in [0.1, 0.15) is 5.82 Å². The smallest absolute Gasteiger partial charge is 0.136 e. The van der Waals surface area contributed by atoms with Gasteiger partial charge in [-0.3, -0.25) is 0 Å². The summed E-state index contributed by atoms with van der Waals surface area (Å²) in [5.74, 6) is 0.472. The number of nitrogens with zero attached hydrogens (tertiary/aromatic N) is 2. The average Bonchev–Trinajstić information content (AvgIpc) is 3.30. The summed E-state index contributed by atoms with van der Waals surface area (Å²) in [7, 11) is 0. The van der Waals surface area contributed by atoms with Crippen molar-refractivity contribution >= 4 is 21.8 Å². The van der Waals surface area contributed by atoms with Gasteiger partial charge in [-0.25, -0.2) is 4.39 Å². The molecule has 0 saturated carbocycles. The Morgan fingerprint density at radius 3 is 2.00 bits per heavy atom. The molecule has 0 amide bonds. The molecule has 3 heteroatoms. The first-order valence-corrected chi connectivity index (χ1v) is 11.6. The molecule has 1 atom stereocenters. The molecule has 0 aliphatic carbocycles. The molecular weight excluding hydrogens is 383 g/mol. The van der Waals surface area contributed by atoms with E-state index in [1.807, 2.05) is 6.07 Å². The number of rotatable bonds is 6. The Labute approximate surface area is 185 Å². The summed E-state index contributed by atoms with van der Waals surface area (Å²) in [5.41, 5.74) is 5.47. The van der Waals surface area contributed by atoms with Crippen LogP contribution in [0.2, 0.25) is 0 Å². The van der Waals surface area contributed by atoms with E-state index in [0.29, 0.717) is 18.5 Å². The normalized spacial score (nSPS) is 13.4. The molecule has 2 aromatic carbocycles. The van der Waals surface area contributed by atoms with Gasteiger partial charge in [0.2, 0.25) is 0 Å². The second kappa shape index (κ2) is 8.18. The predicted octanol–water partition coefficient (Wildman–Crippen LogP) is 8.37. The molecule has 31 heavy (non-hydrogen) atoms. The molecule has 164 valence electrons. The summed E-state index contributed by atoms with van der Waals surface area (Å²) in [6.45, 7) is 15.2. The highest BCUT2D eigenvalue weighted by Crippen LogP contribution is 2.36. The molecule has 2 nitrogen and oxygen atoms in total. The number of hydrogen-bond acceptors (Lipinski definition) is 0. The fourth-order valence-corrected chi connectivity index (χ4v) is 4.90. The van der Waals surface area contributed by atoms with Crippen molar-refractivity contribution in [3.63, 3.8) is 0 Å². The number of halogens is 1. The van der Waals surface area contributed by atoms with Crippen LogP contribution in [0.15, 0.2) is 48.8 Å². The number of benzene rings is 2. The molecule has 2 aromatic heterocycles. The van der Waals surface area contributed by atoms with Crippen LogP contribution in [-0.4, -0.2) is 9.13 Å². The van der Waals surface area contributed by atoms with E-state index in [0.717, 1.165) is 22.0 Å². The van der Waals surface area contributed by atoms with E-state index in [-0.39, 0.29) is 17.7 Å². The maximum absolute atomic E-state index is 15.9. The third-order valence-corrected chi connectivity index (χ3v) is 6.61. The number of fused-ring (bicyclic) bond motifs is 2. The van der Waals surface area contributed by atoms with Gasteiger partial charge in [0.25, 0.3) is 0 Å². The van der Waals surface area contributed by atoms with E-state index in [1.165, 1.54) is 16.5 Å². The molecule has 0 aliphatic heterocycles. The van der Waals surface area contributed by atoms with Crippen molar-refractivity contribution in [3.05, 3.63) is 71.3 Å². The zero-order valence-corrected chi connectivity index (χ0v) is 19.9. The summed E-state index contributed by atoms with van der Waals surface area (Å²) < 4.78 is 20.4. The highest BCUT2D eigenvalue weighted by Gasteiger charge is 2.21. The van der Waals surface area contributed by atoms with Crippen LogP contribution in [-0.2, 0) is 6.42 Å². The second-order valence-electron chi connectivity index (χ2n) is 9.88. The van der Waals surface area contributed by atoms with Gasteiger partial charge in [-0.2, -0.15) is 0 Å². The molecule has 4 aromatic rings. The monoisotopic (exact) mass is 418 g/mol. The third kappa shape index (κ3) is 3.69. The molecule has 4 rings (SSSR count). The second-order valence-corrected chi connectivity index (χ2v) is 9.88. The Hall–Kier alpha value is -2.55. The molecule has 0 bridgehead atoms. The highest BCUT2D eigenvalue weighted by atomic mass is 19.1. The summed E-state index contributed by atoms with van der Waals surface area (Å²) in [4.78, 5) is 0. The number of aromatic nitrogens is 2. The van der Waals surface area contributed by atoms with E-state index in [2.05, 4.69) is 100 Å². The molecule has 0 saturated heterocycles. The van der Waals surface area contributed by atoms with E-state index in [4.69, 9.17) is 0 Å². The lowest BCUT2D eigenvalue weighted by atomic mass is 9.91. The van der Waals surface area contributed by atoms with Gasteiger partial charge < -0.3 is 9.13 Å². The molecule has 1 unspecified atom stereocenters. The van der Waals surface area contributed by atoms with Crippen LogP contribution in [0.5, 0.6) is 0 Å². The zero-order valence-electron chi connectivity index (χ0n) is 19.9. The first-order chi connectivity index (χ1) is 14.7. The van der Waals surface area contributed by atoms with Gasteiger partial charge >= 0.3 is 0 Å². The lowest BCUT2D eigenvalue weighted by Gasteiger charge is -2.14. The molecule has 0 N–H and O–H groups in total. The maximum atomic E-state index is 15.9. The van der Waals surface area contributed by atoms with Crippen molar-refractivity contribution in [1.82, 2.24) is 9.13 Å². The van der Waals surface area contributed by atoms with Crippen LogP contribution in [0, 0.1) is 5.82 Å². The SMILES string of the molecule is CC(C)c1cn(C(C)C)c2ccc(CC(C)c3cn(C(C)C)c4ccccc34)c(F)c12. The van der Waals surface area contributed by atoms with E-state index >= 15 is 4.39 Å². The Balaban J connectivity index is 1.78. The Morgan fingerprint density at radius 2 is 1.35 bits per heavy atom. The minimum atomic E-state index is -0.0416. The topological polar surface area (TPSA) is 9.86 Å². The number of hydrogen-bond donors (Lipinski definition) is 0.